The van der Waals surface area contributed by atoms with Gasteiger partial charge in [0.15, 0.2) is 0 Å². The Balaban J connectivity index is 1.49. The highest BCUT2D eigenvalue weighted by molar-refractivity contribution is 6.04. The SMILES string of the molecule is CCCCC1CCC(C(=O)Oc2ccc(C(=O)Nc3ccc(OC)cc3)cc2)CC1. The van der Waals surface area contributed by atoms with Gasteiger partial charge in [0.2, 0.25) is 0 Å². The molecule has 0 spiro atoms. The monoisotopic (exact) mass is 409 g/mol. The molecule has 1 N–H and O–H groups in total. The highest BCUT2D eigenvalue weighted by Crippen LogP contribution is 2.32. The maximum Gasteiger partial charge on any atom is 0.314 e. The minimum Gasteiger partial charge on any atom is -0.497 e. The lowest BCUT2D eigenvalue weighted by atomic mass is 9.80. The van der Waals surface area contributed by atoms with E-state index in [1.807, 2.05) is 0 Å². The Hall–Kier alpha value is -2.82. The van der Waals surface area contributed by atoms with Crippen molar-refractivity contribution in [3.05, 3.63) is 54.1 Å². The van der Waals surface area contributed by atoms with Gasteiger partial charge in [-0.1, -0.05) is 26.2 Å². The van der Waals surface area contributed by atoms with Gasteiger partial charge in [0, 0.05) is 11.3 Å². The van der Waals surface area contributed by atoms with E-state index in [9.17, 15) is 9.59 Å². The lowest BCUT2D eigenvalue weighted by molar-refractivity contribution is -0.140. The summed E-state index contributed by atoms with van der Waals surface area (Å²) in [6.07, 6.45) is 7.84. The van der Waals surface area contributed by atoms with Gasteiger partial charge >= 0.3 is 5.97 Å². The number of rotatable bonds is 8. The average Bonchev–Trinajstić information content (AvgIpc) is 2.79. The smallest absolute Gasteiger partial charge is 0.314 e. The second-order valence-electron chi connectivity index (χ2n) is 7.99. The van der Waals surface area contributed by atoms with Crippen molar-refractivity contribution in [1.82, 2.24) is 0 Å². The van der Waals surface area contributed by atoms with E-state index in [4.69, 9.17) is 9.47 Å². The van der Waals surface area contributed by atoms with Crippen molar-refractivity contribution in [1.29, 1.82) is 0 Å². The number of methoxy groups -OCH3 is 1. The third-order valence-corrected chi connectivity index (χ3v) is 5.83. The third kappa shape index (κ3) is 6.09. The molecule has 0 radical (unpaired) electrons. The molecule has 1 amide bonds. The zero-order valence-corrected chi connectivity index (χ0v) is 17.9. The molecular formula is C25H31NO4. The summed E-state index contributed by atoms with van der Waals surface area (Å²) in [6.45, 7) is 2.22. The molecule has 0 saturated heterocycles. The summed E-state index contributed by atoms with van der Waals surface area (Å²) < 4.78 is 10.7. The van der Waals surface area contributed by atoms with Crippen LogP contribution in [0.1, 0.15) is 62.2 Å². The number of ether oxygens (including phenoxy) is 2. The summed E-state index contributed by atoms with van der Waals surface area (Å²) in [4.78, 5) is 24.9. The van der Waals surface area contributed by atoms with Crippen molar-refractivity contribution < 1.29 is 19.1 Å². The average molecular weight is 410 g/mol. The number of unbranched alkanes of at least 4 members (excludes halogenated alkanes) is 1. The number of carbonyl (C=O) groups is 2. The van der Waals surface area contributed by atoms with E-state index in [0.29, 0.717) is 17.0 Å². The second kappa shape index (κ2) is 10.8. The van der Waals surface area contributed by atoms with Crippen molar-refractivity contribution in [3.63, 3.8) is 0 Å². The van der Waals surface area contributed by atoms with E-state index in [2.05, 4.69) is 12.2 Å². The molecule has 30 heavy (non-hydrogen) atoms. The maximum atomic E-state index is 12.5. The van der Waals surface area contributed by atoms with E-state index in [1.54, 1.807) is 55.6 Å². The molecule has 0 atom stereocenters. The first-order valence-electron chi connectivity index (χ1n) is 10.9. The van der Waals surface area contributed by atoms with Gasteiger partial charge in [-0.15, -0.1) is 0 Å². The first-order chi connectivity index (χ1) is 14.6. The lowest BCUT2D eigenvalue weighted by Crippen LogP contribution is -2.25. The molecule has 5 heteroatoms. The van der Waals surface area contributed by atoms with Crippen LogP contribution >= 0.6 is 0 Å². The molecule has 1 saturated carbocycles. The molecule has 0 aliphatic heterocycles. The molecule has 0 bridgehead atoms. The quantitative estimate of drug-likeness (QED) is 0.439. The Labute approximate surface area is 178 Å². The van der Waals surface area contributed by atoms with Crippen LogP contribution in [-0.2, 0) is 4.79 Å². The number of nitrogens with one attached hydrogen (secondary N) is 1. The van der Waals surface area contributed by atoms with Crippen LogP contribution in [0.3, 0.4) is 0 Å². The second-order valence-corrected chi connectivity index (χ2v) is 7.99. The minimum absolute atomic E-state index is 0.0130. The van der Waals surface area contributed by atoms with Crippen LogP contribution in [0.4, 0.5) is 5.69 Å². The summed E-state index contributed by atoms with van der Waals surface area (Å²) in [5.41, 5.74) is 1.19. The zero-order chi connectivity index (χ0) is 21.3. The van der Waals surface area contributed by atoms with E-state index in [-0.39, 0.29) is 17.8 Å². The van der Waals surface area contributed by atoms with Crippen LogP contribution in [-0.4, -0.2) is 19.0 Å². The maximum absolute atomic E-state index is 12.5. The molecule has 0 aromatic heterocycles. The van der Waals surface area contributed by atoms with Crippen LogP contribution in [0, 0.1) is 11.8 Å². The van der Waals surface area contributed by atoms with E-state index in [0.717, 1.165) is 37.4 Å². The van der Waals surface area contributed by atoms with Gasteiger partial charge < -0.3 is 14.8 Å². The first-order valence-corrected chi connectivity index (χ1v) is 10.9. The zero-order valence-electron chi connectivity index (χ0n) is 17.9. The highest BCUT2D eigenvalue weighted by atomic mass is 16.5. The largest absolute Gasteiger partial charge is 0.497 e. The molecule has 1 aliphatic carbocycles. The number of anilines is 1. The Morgan fingerprint density at radius 3 is 2.17 bits per heavy atom. The van der Waals surface area contributed by atoms with Crippen LogP contribution < -0.4 is 14.8 Å². The first kappa shape index (κ1) is 21.9. The van der Waals surface area contributed by atoms with Gasteiger partial charge in [0.05, 0.1) is 13.0 Å². The van der Waals surface area contributed by atoms with Gasteiger partial charge in [-0.3, -0.25) is 9.59 Å². The van der Waals surface area contributed by atoms with Crippen LogP contribution in [0.15, 0.2) is 48.5 Å². The number of benzene rings is 2. The van der Waals surface area contributed by atoms with Crippen LogP contribution in [0.5, 0.6) is 11.5 Å². The van der Waals surface area contributed by atoms with Crippen molar-refractivity contribution in [2.75, 3.05) is 12.4 Å². The number of amides is 1. The Morgan fingerprint density at radius 2 is 1.57 bits per heavy atom. The Morgan fingerprint density at radius 1 is 0.933 bits per heavy atom. The van der Waals surface area contributed by atoms with E-state index < -0.39 is 0 Å². The predicted molar refractivity (Wildman–Crippen MR) is 118 cm³/mol. The van der Waals surface area contributed by atoms with Gasteiger partial charge in [-0.2, -0.15) is 0 Å². The summed E-state index contributed by atoms with van der Waals surface area (Å²) in [5, 5.41) is 2.84. The Kier molecular flexibility index (Phi) is 7.89. The summed E-state index contributed by atoms with van der Waals surface area (Å²) in [6, 6.07) is 13.8. The number of esters is 1. The molecule has 0 unspecified atom stereocenters. The Bertz CT molecular complexity index is 821. The summed E-state index contributed by atoms with van der Waals surface area (Å²) in [7, 11) is 1.60. The summed E-state index contributed by atoms with van der Waals surface area (Å²) in [5.74, 6) is 1.59. The van der Waals surface area contributed by atoms with E-state index >= 15 is 0 Å². The van der Waals surface area contributed by atoms with Gasteiger partial charge in [-0.05, 0) is 80.1 Å². The predicted octanol–water partition coefficient (Wildman–Crippen LogP) is 5.85. The van der Waals surface area contributed by atoms with Crippen LogP contribution in [0.2, 0.25) is 0 Å². The highest BCUT2D eigenvalue weighted by Gasteiger charge is 2.27. The van der Waals surface area contributed by atoms with Crippen LogP contribution in [0.25, 0.3) is 0 Å². The molecule has 5 nitrogen and oxygen atoms in total. The third-order valence-electron chi connectivity index (χ3n) is 5.83. The molecular weight excluding hydrogens is 378 g/mol. The molecule has 1 fully saturated rings. The number of hydrogen-bond donors (Lipinski definition) is 1. The number of hydrogen-bond acceptors (Lipinski definition) is 4. The number of carbonyl (C=O) groups excluding carboxylic acids is 2. The van der Waals surface area contributed by atoms with Crippen molar-refractivity contribution in [2.24, 2.45) is 11.8 Å². The topological polar surface area (TPSA) is 64.6 Å². The summed E-state index contributed by atoms with van der Waals surface area (Å²) >= 11 is 0. The normalized spacial score (nSPS) is 18.5. The fraction of sp³-hybridized carbons (Fsp3) is 0.440. The van der Waals surface area contributed by atoms with E-state index in [1.165, 1.54) is 19.3 Å². The molecule has 1 aliphatic rings. The van der Waals surface area contributed by atoms with Gasteiger partial charge in [-0.25, -0.2) is 0 Å². The molecule has 2 aromatic carbocycles. The molecule has 3 rings (SSSR count). The standard InChI is InChI=1S/C25H31NO4/c1-3-4-5-18-6-8-20(9-7-18)25(28)30-23-14-10-19(11-15-23)24(27)26-21-12-16-22(29-2)17-13-21/h10-18,20H,3-9H2,1-2H3,(H,26,27). The van der Waals surface area contributed by atoms with Crippen molar-refractivity contribution in [2.45, 2.75) is 51.9 Å². The lowest BCUT2D eigenvalue weighted by Gasteiger charge is -2.27. The molecule has 2 aromatic rings. The molecule has 160 valence electrons. The minimum atomic E-state index is -0.219. The molecule has 0 heterocycles. The van der Waals surface area contributed by atoms with Gasteiger partial charge in [0.25, 0.3) is 5.91 Å². The van der Waals surface area contributed by atoms with Gasteiger partial charge in [0.1, 0.15) is 11.5 Å². The van der Waals surface area contributed by atoms with Crippen molar-refractivity contribution >= 4 is 17.6 Å². The van der Waals surface area contributed by atoms with Crippen molar-refractivity contribution in [3.8, 4) is 11.5 Å². The fourth-order valence-electron chi connectivity index (χ4n) is 3.93. The fourth-order valence-corrected chi connectivity index (χ4v) is 3.93.